The molecule has 0 fully saturated rings. The average Bonchev–Trinajstić information content (AvgIpc) is 2.48. The molecule has 0 aromatic heterocycles. The van der Waals surface area contributed by atoms with Crippen molar-refractivity contribution < 1.29 is 0 Å². The molecule has 0 amide bonds. The third kappa shape index (κ3) is 5.82. The minimum absolute atomic E-state index is 0.0177. The van der Waals surface area contributed by atoms with E-state index >= 15 is 0 Å². The maximum absolute atomic E-state index is 6.10. The molecule has 2 aromatic carbocycles. The molecule has 0 aliphatic heterocycles. The molecule has 120 valence electrons. The second-order valence-electron chi connectivity index (χ2n) is 4.95. The number of aliphatic imine (C=N–C) groups is 2. The number of benzene rings is 2. The SMILES string of the molecule is C[C@@H](CN=Cc1ccc(Cl)cc1Cl)N=Cc1ccc(Cl)cc1Cl. The number of rotatable bonds is 5. The van der Waals surface area contributed by atoms with Gasteiger partial charge in [-0.05, 0) is 31.2 Å². The Morgan fingerprint density at radius 3 is 1.91 bits per heavy atom. The van der Waals surface area contributed by atoms with E-state index in [1.807, 2.05) is 19.1 Å². The van der Waals surface area contributed by atoms with E-state index in [-0.39, 0.29) is 6.04 Å². The van der Waals surface area contributed by atoms with Gasteiger partial charge in [0.15, 0.2) is 0 Å². The smallest absolute Gasteiger partial charge is 0.0666 e. The van der Waals surface area contributed by atoms with Gasteiger partial charge < -0.3 is 0 Å². The zero-order valence-corrected chi connectivity index (χ0v) is 15.3. The van der Waals surface area contributed by atoms with Crippen LogP contribution in [0.3, 0.4) is 0 Å². The summed E-state index contributed by atoms with van der Waals surface area (Å²) in [6, 6.07) is 10.6. The van der Waals surface area contributed by atoms with Crippen LogP contribution in [0.4, 0.5) is 0 Å². The molecule has 0 heterocycles. The summed E-state index contributed by atoms with van der Waals surface area (Å²) in [5.41, 5.74) is 1.65. The lowest BCUT2D eigenvalue weighted by atomic mass is 10.2. The van der Waals surface area contributed by atoms with Crippen LogP contribution in [0.25, 0.3) is 0 Å². The third-order valence-electron chi connectivity index (χ3n) is 2.99. The highest BCUT2D eigenvalue weighted by molar-refractivity contribution is 6.36. The lowest BCUT2D eigenvalue weighted by Crippen LogP contribution is -2.04. The highest BCUT2D eigenvalue weighted by Crippen LogP contribution is 2.20. The van der Waals surface area contributed by atoms with Gasteiger partial charge in [-0.2, -0.15) is 0 Å². The van der Waals surface area contributed by atoms with Crippen molar-refractivity contribution in [1.29, 1.82) is 0 Å². The molecule has 0 N–H and O–H groups in total. The van der Waals surface area contributed by atoms with Crippen LogP contribution in [0.2, 0.25) is 20.1 Å². The lowest BCUT2D eigenvalue weighted by molar-refractivity contribution is 0.761. The Morgan fingerprint density at radius 1 is 0.870 bits per heavy atom. The number of halogens is 4. The van der Waals surface area contributed by atoms with Crippen molar-refractivity contribution in [2.45, 2.75) is 13.0 Å². The van der Waals surface area contributed by atoms with Crippen molar-refractivity contribution in [2.75, 3.05) is 6.54 Å². The van der Waals surface area contributed by atoms with Gasteiger partial charge in [0, 0.05) is 33.6 Å². The van der Waals surface area contributed by atoms with Gasteiger partial charge in [0.1, 0.15) is 0 Å². The minimum Gasteiger partial charge on any atom is -0.290 e. The molecule has 1 atom stereocenters. The fourth-order valence-corrected chi connectivity index (χ4v) is 2.69. The molecule has 0 radical (unpaired) electrons. The number of hydrogen-bond acceptors (Lipinski definition) is 2. The molecule has 2 aromatic rings. The fraction of sp³-hybridized carbons (Fsp3) is 0.176. The van der Waals surface area contributed by atoms with E-state index in [1.165, 1.54) is 0 Å². The van der Waals surface area contributed by atoms with Crippen molar-refractivity contribution in [3.8, 4) is 0 Å². The zero-order chi connectivity index (χ0) is 16.8. The highest BCUT2D eigenvalue weighted by atomic mass is 35.5. The number of nitrogens with zero attached hydrogens (tertiary/aromatic N) is 2. The topological polar surface area (TPSA) is 24.7 Å². The summed E-state index contributed by atoms with van der Waals surface area (Å²) in [6.07, 6.45) is 3.45. The molecule has 0 saturated heterocycles. The largest absolute Gasteiger partial charge is 0.290 e. The van der Waals surface area contributed by atoms with Gasteiger partial charge in [-0.1, -0.05) is 58.5 Å². The Balaban J connectivity index is 1.95. The van der Waals surface area contributed by atoms with Crippen LogP contribution in [0, 0.1) is 0 Å². The summed E-state index contributed by atoms with van der Waals surface area (Å²) in [4.78, 5) is 8.79. The van der Waals surface area contributed by atoms with Crippen molar-refractivity contribution >= 4 is 58.8 Å². The van der Waals surface area contributed by atoms with E-state index in [4.69, 9.17) is 46.4 Å². The molecular weight excluding hydrogens is 374 g/mol. The van der Waals surface area contributed by atoms with Crippen molar-refractivity contribution in [3.63, 3.8) is 0 Å². The Morgan fingerprint density at radius 2 is 1.39 bits per heavy atom. The predicted molar refractivity (Wildman–Crippen MR) is 102 cm³/mol. The molecule has 0 unspecified atom stereocenters. The van der Waals surface area contributed by atoms with Gasteiger partial charge in [-0.3, -0.25) is 9.98 Å². The maximum Gasteiger partial charge on any atom is 0.0666 e. The molecule has 2 rings (SSSR count). The summed E-state index contributed by atoms with van der Waals surface area (Å²) in [5, 5.41) is 2.35. The van der Waals surface area contributed by atoms with Gasteiger partial charge in [-0.25, -0.2) is 0 Å². The second-order valence-corrected chi connectivity index (χ2v) is 6.64. The van der Waals surface area contributed by atoms with Crippen LogP contribution in [0.5, 0.6) is 0 Å². The van der Waals surface area contributed by atoms with Crippen LogP contribution in [0.15, 0.2) is 46.4 Å². The van der Waals surface area contributed by atoms with Crippen LogP contribution in [-0.2, 0) is 0 Å². The molecule has 23 heavy (non-hydrogen) atoms. The summed E-state index contributed by atoms with van der Waals surface area (Å²) in [5.74, 6) is 0. The zero-order valence-electron chi connectivity index (χ0n) is 12.3. The van der Waals surface area contributed by atoms with Gasteiger partial charge in [0.05, 0.1) is 22.6 Å². The summed E-state index contributed by atoms with van der Waals surface area (Å²) in [7, 11) is 0. The molecular formula is C17H14Cl4N2. The Bertz CT molecular complexity index is 741. The van der Waals surface area contributed by atoms with E-state index in [1.54, 1.807) is 36.7 Å². The van der Waals surface area contributed by atoms with Crippen LogP contribution in [-0.4, -0.2) is 25.0 Å². The van der Waals surface area contributed by atoms with E-state index in [0.717, 1.165) is 11.1 Å². The monoisotopic (exact) mass is 386 g/mol. The molecule has 0 spiro atoms. The molecule has 6 heteroatoms. The molecule has 2 nitrogen and oxygen atoms in total. The lowest BCUT2D eigenvalue weighted by Gasteiger charge is -2.03. The summed E-state index contributed by atoms with van der Waals surface area (Å²) >= 11 is 23.9. The first-order chi connectivity index (χ1) is 11.0. The average molecular weight is 388 g/mol. The Hall–Kier alpha value is -1.06. The van der Waals surface area contributed by atoms with Crippen molar-refractivity contribution in [1.82, 2.24) is 0 Å². The Kier molecular flexibility index (Phi) is 6.91. The van der Waals surface area contributed by atoms with Crippen molar-refractivity contribution in [3.05, 3.63) is 67.6 Å². The number of hydrogen-bond donors (Lipinski definition) is 0. The van der Waals surface area contributed by atoms with E-state index < -0.39 is 0 Å². The third-order valence-corrected chi connectivity index (χ3v) is 4.12. The summed E-state index contributed by atoms with van der Waals surface area (Å²) < 4.78 is 0. The summed E-state index contributed by atoms with van der Waals surface area (Å²) in [6.45, 7) is 2.52. The molecule has 0 aliphatic rings. The second kappa shape index (κ2) is 8.70. The first-order valence-electron chi connectivity index (χ1n) is 6.89. The predicted octanol–water partition coefficient (Wildman–Crippen LogP) is 6.23. The van der Waals surface area contributed by atoms with Gasteiger partial charge in [0.2, 0.25) is 0 Å². The molecule has 0 aliphatic carbocycles. The minimum atomic E-state index is 0.0177. The maximum atomic E-state index is 6.10. The van der Waals surface area contributed by atoms with E-state index in [2.05, 4.69) is 9.98 Å². The van der Waals surface area contributed by atoms with Crippen molar-refractivity contribution in [2.24, 2.45) is 9.98 Å². The van der Waals surface area contributed by atoms with Crippen LogP contribution >= 0.6 is 46.4 Å². The fourth-order valence-electron chi connectivity index (χ4n) is 1.77. The molecule has 0 bridgehead atoms. The first kappa shape index (κ1) is 18.3. The Labute approximate surface area is 155 Å². The van der Waals surface area contributed by atoms with Gasteiger partial charge in [0.25, 0.3) is 0 Å². The standard InChI is InChI=1S/C17H14Cl4N2/c1-11(23-10-13-3-5-15(19)7-17(13)21)8-22-9-12-2-4-14(18)6-16(12)20/h2-7,9-11H,8H2,1H3/t11-/m0/s1. The first-order valence-corrected chi connectivity index (χ1v) is 8.40. The quantitative estimate of drug-likeness (QED) is 0.543. The van der Waals surface area contributed by atoms with E-state index in [0.29, 0.717) is 26.6 Å². The highest BCUT2D eigenvalue weighted by Gasteiger charge is 2.01. The van der Waals surface area contributed by atoms with Crippen LogP contribution in [0.1, 0.15) is 18.1 Å². The van der Waals surface area contributed by atoms with Gasteiger partial charge in [-0.15, -0.1) is 0 Å². The molecule has 0 saturated carbocycles. The van der Waals surface area contributed by atoms with E-state index in [9.17, 15) is 0 Å². The van der Waals surface area contributed by atoms with Gasteiger partial charge >= 0.3 is 0 Å². The van der Waals surface area contributed by atoms with Crippen LogP contribution < -0.4 is 0 Å². The normalized spacial score (nSPS) is 13.1.